The van der Waals surface area contributed by atoms with E-state index in [4.69, 9.17) is 28.6 Å². The highest BCUT2D eigenvalue weighted by molar-refractivity contribution is 6.71. The van der Waals surface area contributed by atoms with Crippen molar-refractivity contribution in [2.24, 2.45) is 0 Å². The van der Waals surface area contributed by atoms with Crippen molar-refractivity contribution in [2.45, 2.75) is 44.1 Å². The molecule has 2 heterocycles. The Morgan fingerprint density at radius 2 is 1.82 bits per heavy atom. The van der Waals surface area contributed by atoms with Gasteiger partial charge in [-0.2, -0.15) is 13.2 Å². The molecule has 15 heteroatoms. The number of piperidine rings is 1. The van der Waals surface area contributed by atoms with Crippen molar-refractivity contribution in [2.75, 3.05) is 25.0 Å². The Morgan fingerprint density at radius 3 is 2.47 bits per heavy atom. The minimum atomic E-state index is -4.76. The molecule has 9 nitrogen and oxygen atoms in total. The highest BCUT2D eigenvalue weighted by Gasteiger charge is 2.36. The number of alkyl halides is 3. The number of carbonyl (C=O) groups excluding carboxylic acids is 2. The van der Waals surface area contributed by atoms with Gasteiger partial charge in [-0.15, -0.1) is 0 Å². The second-order valence-electron chi connectivity index (χ2n) is 11.2. The molecule has 3 aromatic rings. The first-order chi connectivity index (χ1) is 21.0. The smallest absolute Gasteiger partial charge is 0.389 e. The predicted octanol–water partition coefficient (Wildman–Crippen LogP) is 5.32. The zero-order chi connectivity index (χ0) is 33.1. The number of pyridine rings is 1. The Labute approximate surface area is 266 Å². The fourth-order valence-electron chi connectivity index (χ4n) is 4.86. The summed E-state index contributed by atoms with van der Waals surface area (Å²) in [6.07, 6.45) is -3.46. The van der Waals surface area contributed by atoms with Crippen LogP contribution in [0.4, 0.5) is 23.2 Å². The van der Waals surface area contributed by atoms with Crippen LogP contribution >= 0.6 is 23.2 Å². The first-order valence-corrected chi connectivity index (χ1v) is 14.5. The summed E-state index contributed by atoms with van der Waals surface area (Å²) in [5.41, 5.74) is -2.67. The van der Waals surface area contributed by atoms with Gasteiger partial charge < -0.3 is 26.0 Å². The second kappa shape index (κ2) is 13.6. The highest BCUT2D eigenvalue weighted by atomic mass is 35.5. The van der Waals surface area contributed by atoms with E-state index < -0.39 is 52.4 Å². The van der Waals surface area contributed by atoms with E-state index in [1.807, 2.05) is 0 Å². The van der Waals surface area contributed by atoms with Crippen LogP contribution in [0.2, 0.25) is 5.02 Å². The van der Waals surface area contributed by atoms with Gasteiger partial charge in [0.25, 0.3) is 11.8 Å². The monoisotopic (exact) mass is 668 g/mol. The molecule has 1 saturated heterocycles. The summed E-state index contributed by atoms with van der Waals surface area (Å²) < 4.78 is 55.8. The first kappa shape index (κ1) is 33.9. The van der Waals surface area contributed by atoms with E-state index >= 15 is 0 Å². The highest BCUT2D eigenvalue weighted by Crippen LogP contribution is 2.35. The topological polar surface area (TPSA) is 130 Å². The van der Waals surface area contributed by atoms with Crippen molar-refractivity contribution in [3.63, 3.8) is 0 Å². The van der Waals surface area contributed by atoms with E-state index in [1.54, 1.807) is 0 Å². The number of amides is 2. The lowest BCUT2D eigenvalue weighted by atomic mass is 9.98. The van der Waals surface area contributed by atoms with Crippen molar-refractivity contribution < 1.29 is 32.3 Å². The van der Waals surface area contributed by atoms with Crippen LogP contribution in [-0.2, 0) is 11.0 Å². The van der Waals surface area contributed by atoms with Crippen LogP contribution in [0, 0.1) is 11.2 Å². The summed E-state index contributed by atoms with van der Waals surface area (Å²) in [5, 5.41) is 26.2. The number of rotatable bonds is 9. The number of fused-ring (bicyclic) bond motifs is 1. The van der Waals surface area contributed by atoms with Crippen molar-refractivity contribution in [3.05, 3.63) is 82.4 Å². The summed E-state index contributed by atoms with van der Waals surface area (Å²) in [6.45, 7) is 2.99. The largest absolute Gasteiger partial charge is 0.433 e. The number of halogens is 6. The predicted molar refractivity (Wildman–Crippen MR) is 164 cm³/mol. The van der Waals surface area contributed by atoms with Crippen LogP contribution in [0.3, 0.4) is 0 Å². The Balaban J connectivity index is 1.67. The Bertz CT molecular complexity index is 1640. The minimum absolute atomic E-state index is 0.0330. The van der Waals surface area contributed by atoms with E-state index in [1.165, 1.54) is 61.3 Å². The molecular formula is C30H30Cl2F4N6O3. The summed E-state index contributed by atoms with van der Waals surface area (Å²) in [4.78, 5) is 31.6. The number of aromatic nitrogens is 1. The third-order valence-corrected chi connectivity index (χ3v) is 7.30. The Kier molecular flexibility index (Phi) is 10.3. The molecule has 2 amide bonds. The average Bonchev–Trinajstić information content (AvgIpc) is 2.94. The van der Waals surface area contributed by atoms with Gasteiger partial charge in [-0.1, -0.05) is 35.3 Å². The van der Waals surface area contributed by atoms with Gasteiger partial charge in [-0.05, 0) is 56.7 Å². The zero-order valence-corrected chi connectivity index (χ0v) is 25.6. The fraction of sp³-hybridized carbons (Fsp3) is 0.333. The number of nitrogens with one attached hydrogen (secondary N) is 4. The number of likely N-dealkylation sites (tertiary alicyclic amines) is 1. The molecule has 4 rings (SSSR count). The van der Waals surface area contributed by atoms with Crippen LogP contribution in [0.5, 0.6) is 0 Å². The number of carbonyl (C=O) groups is 2. The van der Waals surface area contributed by atoms with Gasteiger partial charge in [-0.3, -0.25) is 15.0 Å². The number of hydrogen-bond acceptors (Lipinski definition) is 7. The molecule has 0 saturated carbocycles. The first-order valence-electron chi connectivity index (χ1n) is 13.7. The molecule has 2 atom stereocenters. The molecular weight excluding hydrogens is 639 g/mol. The standard InChI is InChI=1S/C30H30Cl2F4N6O3/c1-29(2,45)15-38-12-21(26(32)37)27(43)40-18-10-17(13-42(14-18)28(44)19-5-3-4-6-22(19)33)39-24-11-25(30(34,35)36)41-23-8-7-16(31)9-20(23)24/h3-9,11-12,17-18,37-38,45H,10,13-15H2,1-2H3,(H,39,41)(H,40,43)/b21-12+,37-26?/t17-,18+/m1/s1. The molecule has 0 aliphatic carbocycles. The molecule has 0 spiro atoms. The van der Waals surface area contributed by atoms with E-state index in [-0.39, 0.29) is 53.4 Å². The van der Waals surface area contributed by atoms with E-state index in [0.29, 0.717) is 5.39 Å². The fourth-order valence-corrected chi connectivity index (χ4v) is 5.17. The summed E-state index contributed by atoms with van der Waals surface area (Å²) in [7, 11) is 0. The minimum Gasteiger partial charge on any atom is -0.389 e. The van der Waals surface area contributed by atoms with E-state index in [9.17, 15) is 32.3 Å². The number of hydrogen-bond donors (Lipinski definition) is 5. The number of nitrogens with zero attached hydrogens (tertiary/aromatic N) is 2. The van der Waals surface area contributed by atoms with Crippen LogP contribution in [0.25, 0.3) is 10.9 Å². The van der Waals surface area contributed by atoms with Gasteiger partial charge in [0.1, 0.15) is 16.7 Å². The molecule has 1 aromatic heterocycles. The lowest BCUT2D eigenvalue weighted by molar-refractivity contribution is -0.140. The van der Waals surface area contributed by atoms with Crippen molar-refractivity contribution in [1.82, 2.24) is 20.5 Å². The molecule has 1 fully saturated rings. The maximum absolute atomic E-state index is 14.6. The lowest BCUT2D eigenvalue weighted by Gasteiger charge is -2.39. The zero-order valence-electron chi connectivity index (χ0n) is 24.1. The molecule has 1 aliphatic rings. The third-order valence-electron chi connectivity index (χ3n) is 6.86. The molecule has 5 N–H and O–H groups in total. The van der Waals surface area contributed by atoms with E-state index in [0.717, 1.165) is 12.1 Å². The van der Waals surface area contributed by atoms with Gasteiger partial charge in [0.15, 0.2) is 0 Å². The molecule has 240 valence electrons. The van der Waals surface area contributed by atoms with Gasteiger partial charge in [-0.25, -0.2) is 9.37 Å². The summed E-state index contributed by atoms with van der Waals surface area (Å²) in [6, 6.07) is 8.89. The molecule has 0 radical (unpaired) electrons. The lowest BCUT2D eigenvalue weighted by Crippen LogP contribution is -2.56. The van der Waals surface area contributed by atoms with E-state index in [2.05, 4.69) is 20.9 Å². The average molecular weight is 670 g/mol. The van der Waals surface area contributed by atoms with Crippen molar-refractivity contribution >= 4 is 56.8 Å². The molecule has 0 unspecified atom stereocenters. The van der Waals surface area contributed by atoms with Crippen LogP contribution < -0.4 is 16.0 Å². The van der Waals surface area contributed by atoms with Crippen molar-refractivity contribution in [3.8, 4) is 0 Å². The van der Waals surface area contributed by atoms with Crippen LogP contribution in [0.15, 0.2) is 60.3 Å². The Morgan fingerprint density at radius 1 is 1.13 bits per heavy atom. The van der Waals surface area contributed by atoms with Crippen molar-refractivity contribution in [1.29, 1.82) is 5.41 Å². The Hall–Kier alpha value is -3.94. The maximum Gasteiger partial charge on any atom is 0.433 e. The number of anilines is 1. The van der Waals surface area contributed by atoms with Crippen LogP contribution in [-0.4, -0.2) is 69.3 Å². The third kappa shape index (κ3) is 8.83. The molecule has 0 bridgehead atoms. The van der Waals surface area contributed by atoms with Gasteiger partial charge >= 0.3 is 6.18 Å². The van der Waals surface area contributed by atoms with Gasteiger partial charge in [0.05, 0.1) is 22.3 Å². The summed E-state index contributed by atoms with van der Waals surface area (Å²) in [5.74, 6) is -2.23. The number of aliphatic hydroxyl groups is 1. The van der Waals surface area contributed by atoms with Gasteiger partial charge in [0.2, 0.25) is 0 Å². The maximum atomic E-state index is 14.6. The quantitative estimate of drug-likeness (QED) is 0.119. The molecule has 45 heavy (non-hydrogen) atoms. The normalized spacial score (nSPS) is 17.6. The summed E-state index contributed by atoms with van der Waals surface area (Å²) >= 11 is 12.0. The number of benzene rings is 2. The SMILES string of the molecule is CC(C)(O)CN/C=C(\C(=N)Cl)C(=O)N[C@H]1C[C@@H](Nc2cc(C(F)(F)F)nc3ccc(Cl)cc23)CN(C(=O)c2ccccc2F)C1. The van der Waals surface area contributed by atoms with Gasteiger partial charge in [0, 0.05) is 54.0 Å². The second-order valence-corrected chi connectivity index (χ2v) is 12.0. The van der Waals surface area contributed by atoms with Crippen LogP contribution in [0.1, 0.15) is 36.3 Å². The molecule has 2 aromatic carbocycles. The molecule has 1 aliphatic heterocycles.